The van der Waals surface area contributed by atoms with Gasteiger partial charge in [0.05, 0.1) is 7.11 Å². The fourth-order valence-corrected chi connectivity index (χ4v) is 2.40. The van der Waals surface area contributed by atoms with Crippen LogP contribution >= 0.6 is 11.6 Å². The largest absolute Gasteiger partial charge is 0.496 e. The zero-order valence-corrected chi connectivity index (χ0v) is 12.2. The van der Waals surface area contributed by atoms with Crippen LogP contribution in [-0.4, -0.2) is 14.2 Å². The Morgan fingerprint density at radius 2 is 2.05 bits per heavy atom. The van der Waals surface area contributed by atoms with Gasteiger partial charge in [-0.05, 0) is 43.3 Å². The third-order valence-corrected chi connectivity index (χ3v) is 3.48. The van der Waals surface area contributed by atoms with Gasteiger partial charge in [0.25, 0.3) is 0 Å². The molecular formula is C16H17ClFNO. The normalized spacial score (nSPS) is 12.2. The third-order valence-electron chi connectivity index (χ3n) is 3.25. The molecule has 1 unspecified atom stereocenters. The van der Waals surface area contributed by atoms with Crippen molar-refractivity contribution in [3.05, 3.63) is 64.4 Å². The fraction of sp³-hybridized carbons (Fsp3) is 0.250. The number of halogens is 2. The average molecular weight is 294 g/mol. The molecule has 2 aromatic rings. The van der Waals surface area contributed by atoms with Crippen molar-refractivity contribution in [1.29, 1.82) is 0 Å². The number of benzene rings is 2. The van der Waals surface area contributed by atoms with E-state index in [4.69, 9.17) is 16.3 Å². The summed E-state index contributed by atoms with van der Waals surface area (Å²) in [5.41, 5.74) is 1.94. The summed E-state index contributed by atoms with van der Waals surface area (Å²) in [6.07, 6.45) is 0.673. The van der Waals surface area contributed by atoms with Crippen LogP contribution in [0.25, 0.3) is 0 Å². The van der Waals surface area contributed by atoms with Crippen molar-refractivity contribution in [2.75, 3.05) is 14.2 Å². The lowest BCUT2D eigenvalue weighted by molar-refractivity contribution is 0.401. The summed E-state index contributed by atoms with van der Waals surface area (Å²) in [6.45, 7) is 0. The van der Waals surface area contributed by atoms with Crippen LogP contribution in [0.4, 0.5) is 4.39 Å². The van der Waals surface area contributed by atoms with E-state index in [1.165, 1.54) is 6.07 Å². The Morgan fingerprint density at radius 1 is 1.25 bits per heavy atom. The Labute approximate surface area is 123 Å². The highest BCUT2D eigenvalue weighted by Gasteiger charge is 2.15. The molecule has 0 aliphatic rings. The standard InChI is InChI=1S/C16H17ClFNO/c1-19-15(9-11-4-3-5-13(18)8-11)14-7-6-12(17)10-16(14)20-2/h3-8,10,15,19H,9H2,1-2H3. The Kier molecular flexibility index (Phi) is 4.99. The second-order valence-electron chi connectivity index (χ2n) is 4.56. The first-order valence-electron chi connectivity index (χ1n) is 6.39. The number of nitrogens with one attached hydrogen (secondary N) is 1. The smallest absolute Gasteiger partial charge is 0.125 e. The molecule has 106 valence electrons. The zero-order valence-electron chi connectivity index (χ0n) is 11.5. The summed E-state index contributed by atoms with van der Waals surface area (Å²) in [6, 6.07) is 12.2. The monoisotopic (exact) mass is 293 g/mol. The summed E-state index contributed by atoms with van der Waals surface area (Å²) in [5, 5.41) is 3.87. The predicted octanol–water partition coefficient (Wildman–Crippen LogP) is 3.99. The third kappa shape index (κ3) is 3.50. The lowest BCUT2D eigenvalue weighted by Crippen LogP contribution is -2.19. The number of ether oxygens (including phenoxy) is 1. The maximum atomic E-state index is 13.3. The van der Waals surface area contributed by atoms with Gasteiger partial charge in [-0.1, -0.05) is 29.8 Å². The van der Waals surface area contributed by atoms with E-state index in [-0.39, 0.29) is 11.9 Å². The molecule has 0 spiro atoms. The van der Waals surface area contributed by atoms with Crippen LogP contribution < -0.4 is 10.1 Å². The Morgan fingerprint density at radius 3 is 2.70 bits per heavy atom. The molecule has 0 fully saturated rings. The molecular weight excluding hydrogens is 277 g/mol. The molecule has 0 aliphatic carbocycles. The van der Waals surface area contributed by atoms with Gasteiger partial charge in [0.1, 0.15) is 11.6 Å². The van der Waals surface area contributed by atoms with Gasteiger partial charge >= 0.3 is 0 Å². The Balaban J connectivity index is 2.28. The van der Waals surface area contributed by atoms with Gasteiger partial charge in [0.15, 0.2) is 0 Å². The van der Waals surface area contributed by atoms with Crippen LogP contribution in [0.2, 0.25) is 5.02 Å². The van der Waals surface area contributed by atoms with Gasteiger partial charge in [-0.15, -0.1) is 0 Å². The molecule has 0 saturated carbocycles. The highest BCUT2D eigenvalue weighted by atomic mass is 35.5. The van der Waals surface area contributed by atoms with E-state index in [0.717, 1.165) is 16.9 Å². The van der Waals surface area contributed by atoms with Crippen LogP contribution in [-0.2, 0) is 6.42 Å². The van der Waals surface area contributed by atoms with Crippen LogP contribution in [0.15, 0.2) is 42.5 Å². The van der Waals surface area contributed by atoms with Crippen molar-refractivity contribution in [3.63, 3.8) is 0 Å². The van der Waals surface area contributed by atoms with Crippen LogP contribution in [0.1, 0.15) is 17.2 Å². The van der Waals surface area contributed by atoms with Crippen molar-refractivity contribution in [2.24, 2.45) is 0 Å². The summed E-state index contributed by atoms with van der Waals surface area (Å²) in [5.74, 6) is 0.508. The van der Waals surface area contributed by atoms with Crippen LogP contribution in [0.5, 0.6) is 5.75 Å². The lowest BCUT2D eigenvalue weighted by Gasteiger charge is -2.19. The minimum atomic E-state index is -0.222. The number of hydrogen-bond acceptors (Lipinski definition) is 2. The summed E-state index contributed by atoms with van der Waals surface area (Å²) in [4.78, 5) is 0. The zero-order chi connectivity index (χ0) is 14.5. The minimum Gasteiger partial charge on any atom is -0.496 e. The van der Waals surface area contributed by atoms with Crippen molar-refractivity contribution in [3.8, 4) is 5.75 Å². The predicted molar refractivity (Wildman–Crippen MR) is 79.9 cm³/mol. The van der Waals surface area contributed by atoms with Crippen molar-refractivity contribution in [2.45, 2.75) is 12.5 Å². The molecule has 0 amide bonds. The lowest BCUT2D eigenvalue weighted by atomic mass is 9.98. The summed E-state index contributed by atoms with van der Waals surface area (Å²) < 4.78 is 18.6. The van der Waals surface area contributed by atoms with E-state index in [2.05, 4.69) is 5.32 Å². The summed E-state index contributed by atoms with van der Waals surface area (Å²) in [7, 11) is 3.49. The van der Waals surface area contributed by atoms with Gasteiger partial charge < -0.3 is 10.1 Å². The van der Waals surface area contributed by atoms with Crippen molar-refractivity contribution >= 4 is 11.6 Å². The van der Waals surface area contributed by atoms with Crippen LogP contribution in [0.3, 0.4) is 0 Å². The first-order valence-corrected chi connectivity index (χ1v) is 6.77. The maximum Gasteiger partial charge on any atom is 0.125 e. The molecule has 0 bridgehead atoms. The van der Waals surface area contributed by atoms with E-state index in [1.807, 2.05) is 25.2 Å². The van der Waals surface area contributed by atoms with E-state index in [1.54, 1.807) is 25.3 Å². The maximum absolute atomic E-state index is 13.3. The van der Waals surface area contributed by atoms with Gasteiger partial charge in [-0.25, -0.2) is 4.39 Å². The molecule has 2 nitrogen and oxygen atoms in total. The average Bonchev–Trinajstić information content (AvgIpc) is 2.45. The molecule has 2 rings (SSSR count). The number of methoxy groups -OCH3 is 1. The molecule has 0 heterocycles. The summed E-state index contributed by atoms with van der Waals surface area (Å²) >= 11 is 5.97. The van der Waals surface area contributed by atoms with Gasteiger partial charge in [-0.2, -0.15) is 0 Å². The van der Waals surface area contributed by atoms with Gasteiger partial charge in [0.2, 0.25) is 0 Å². The fourth-order valence-electron chi connectivity index (χ4n) is 2.24. The highest BCUT2D eigenvalue weighted by Crippen LogP contribution is 2.30. The van der Waals surface area contributed by atoms with Crippen molar-refractivity contribution < 1.29 is 9.13 Å². The molecule has 0 radical (unpaired) electrons. The van der Waals surface area contributed by atoms with E-state index >= 15 is 0 Å². The van der Waals surface area contributed by atoms with Gasteiger partial charge in [-0.3, -0.25) is 0 Å². The first kappa shape index (κ1) is 14.8. The Bertz CT molecular complexity index is 588. The van der Waals surface area contributed by atoms with Crippen LogP contribution in [0, 0.1) is 5.82 Å². The molecule has 0 aliphatic heterocycles. The molecule has 1 N–H and O–H groups in total. The second-order valence-corrected chi connectivity index (χ2v) is 5.00. The number of likely N-dealkylation sites (N-methyl/N-ethyl adjacent to an activating group) is 1. The molecule has 20 heavy (non-hydrogen) atoms. The quantitative estimate of drug-likeness (QED) is 0.900. The van der Waals surface area contributed by atoms with Crippen molar-refractivity contribution in [1.82, 2.24) is 5.32 Å². The molecule has 0 aromatic heterocycles. The number of hydrogen-bond donors (Lipinski definition) is 1. The molecule has 1 atom stereocenters. The minimum absolute atomic E-state index is 0.0315. The topological polar surface area (TPSA) is 21.3 Å². The van der Waals surface area contributed by atoms with E-state index in [0.29, 0.717) is 11.4 Å². The first-order chi connectivity index (χ1) is 9.63. The van der Waals surface area contributed by atoms with E-state index < -0.39 is 0 Å². The molecule has 4 heteroatoms. The highest BCUT2D eigenvalue weighted by molar-refractivity contribution is 6.30. The second kappa shape index (κ2) is 6.73. The van der Waals surface area contributed by atoms with E-state index in [9.17, 15) is 4.39 Å². The number of rotatable bonds is 5. The Hall–Kier alpha value is -1.58. The SMILES string of the molecule is CNC(Cc1cccc(F)c1)c1ccc(Cl)cc1OC. The molecule has 0 saturated heterocycles. The molecule has 2 aromatic carbocycles. The van der Waals surface area contributed by atoms with Gasteiger partial charge in [0, 0.05) is 16.6 Å².